The van der Waals surface area contributed by atoms with E-state index in [4.69, 9.17) is 9.68 Å². The predicted molar refractivity (Wildman–Crippen MR) is 64.1 cm³/mol. The number of aryl methyl sites for hydroxylation is 1. The predicted octanol–water partition coefficient (Wildman–Crippen LogP) is 3.42. The van der Waals surface area contributed by atoms with Crippen LogP contribution >= 0.6 is 11.8 Å². The average molecular weight is 243 g/mol. The SMILES string of the molecule is Cc1occc1Sc1ccc(C=O)cc1C#N. The Morgan fingerprint density at radius 3 is 2.76 bits per heavy atom. The van der Waals surface area contributed by atoms with Crippen LogP contribution in [0.2, 0.25) is 0 Å². The van der Waals surface area contributed by atoms with Crippen molar-refractivity contribution in [3.63, 3.8) is 0 Å². The Labute approximate surface area is 103 Å². The lowest BCUT2D eigenvalue weighted by atomic mass is 10.1. The molecule has 0 N–H and O–H groups in total. The minimum atomic E-state index is 0.500. The van der Waals surface area contributed by atoms with Crippen molar-refractivity contribution in [2.75, 3.05) is 0 Å². The van der Waals surface area contributed by atoms with E-state index < -0.39 is 0 Å². The average Bonchev–Trinajstić information content (AvgIpc) is 2.75. The van der Waals surface area contributed by atoms with Crippen molar-refractivity contribution in [1.29, 1.82) is 5.26 Å². The van der Waals surface area contributed by atoms with Crippen molar-refractivity contribution in [3.05, 3.63) is 47.4 Å². The Bertz CT molecular complexity index is 596. The van der Waals surface area contributed by atoms with Crippen molar-refractivity contribution in [1.82, 2.24) is 0 Å². The van der Waals surface area contributed by atoms with Gasteiger partial charge in [0.05, 0.1) is 16.7 Å². The first-order valence-corrected chi connectivity index (χ1v) is 5.77. The van der Waals surface area contributed by atoms with Gasteiger partial charge in [0.25, 0.3) is 0 Å². The molecule has 84 valence electrons. The number of nitrogens with zero attached hydrogens (tertiary/aromatic N) is 1. The van der Waals surface area contributed by atoms with E-state index in [0.717, 1.165) is 21.8 Å². The molecule has 0 radical (unpaired) electrons. The summed E-state index contributed by atoms with van der Waals surface area (Å²) in [6, 6.07) is 9.01. The minimum absolute atomic E-state index is 0.500. The van der Waals surface area contributed by atoms with Gasteiger partial charge < -0.3 is 4.42 Å². The molecule has 0 fully saturated rings. The molecule has 0 bridgehead atoms. The molecule has 3 nitrogen and oxygen atoms in total. The number of benzene rings is 1. The lowest BCUT2D eigenvalue weighted by Gasteiger charge is -2.03. The highest BCUT2D eigenvalue weighted by molar-refractivity contribution is 7.99. The number of rotatable bonds is 3. The van der Waals surface area contributed by atoms with E-state index >= 15 is 0 Å². The largest absolute Gasteiger partial charge is 0.468 e. The summed E-state index contributed by atoms with van der Waals surface area (Å²) in [6.07, 6.45) is 2.35. The molecule has 0 aliphatic rings. The highest BCUT2D eigenvalue weighted by Crippen LogP contribution is 2.33. The summed E-state index contributed by atoms with van der Waals surface area (Å²) in [5.41, 5.74) is 1.01. The number of aldehydes is 1. The topological polar surface area (TPSA) is 54.0 Å². The molecule has 4 heteroatoms. The van der Waals surface area contributed by atoms with Crippen LogP contribution in [0.3, 0.4) is 0 Å². The molecule has 0 saturated carbocycles. The third kappa shape index (κ3) is 2.40. The molecule has 0 unspecified atom stereocenters. The maximum Gasteiger partial charge on any atom is 0.150 e. The van der Waals surface area contributed by atoms with Crippen molar-refractivity contribution >= 4 is 18.0 Å². The summed E-state index contributed by atoms with van der Waals surface area (Å²) in [4.78, 5) is 12.4. The lowest BCUT2D eigenvalue weighted by Crippen LogP contribution is -1.86. The molecule has 1 aromatic heterocycles. The first-order chi connectivity index (χ1) is 8.24. The van der Waals surface area contributed by atoms with E-state index in [9.17, 15) is 4.79 Å². The second-order valence-electron chi connectivity index (χ2n) is 3.43. The Morgan fingerprint density at radius 2 is 2.18 bits per heavy atom. The van der Waals surface area contributed by atoms with Gasteiger partial charge >= 0.3 is 0 Å². The van der Waals surface area contributed by atoms with E-state index in [1.54, 1.807) is 24.5 Å². The molecule has 0 saturated heterocycles. The van der Waals surface area contributed by atoms with Crippen LogP contribution in [0.4, 0.5) is 0 Å². The zero-order valence-electron chi connectivity index (χ0n) is 9.14. The molecular weight excluding hydrogens is 234 g/mol. The van der Waals surface area contributed by atoms with Crippen LogP contribution in [0, 0.1) is 18.3 Å². The molecule has 0 amide bonds. The summed E-state index contributed by atoms with van der Waals surface area (Å²) in [5.74, 6) is 0.818. The minimum Gasteiger partial charge on any atom is -0.468 e. The molecule has 1 aromatic carbocycles. The van der Waals surface area contributed by atoms with Crippen LogP contribution in [0.15, 0.2) is 44.7 Å². The van der Waals surface area contributed by atoms with Gasteiger partial charge in [0.15, 0.2) is 0 Å². The molecule has 1 heterocycles. The fraction of sp³-hybridized carbons (Fsp3) is 0.0769. The van der Waals surface area contributed by atoms with Gasteiger partial charge in [-0.15, -0.1) is 0 Å². The van der Waals surface area contributed by atoms with Crippen LogP contribution in [0.25, 0.3) is 0 Å². The van der Waals surface area contributed by atoms with Gasteiger partial charge in [-0.1, -0.05) is 17.8 Å². The molecule has 0 spiro atoms. The zero-order chi connectivity index (χ0) is 12.3. The highest BCUT2D eigenvalue weighted by Gasteiger charge is 2.08. The maximum absolute atomic E-state index is 10.6. The number of furan rings is 1. The standard InChI is InChI=1S/C13H9NO2S/c1-9-12(4-5-16-9)17-13-3-2-10(8-15)6-11(13)7-14/h2-6,8H,1H3. The third-order valence-corrected chi connectivity index (χ3v) is 3.51. The number of carbonyl (C=O) groups excluding carboxylic acids is 1. The van der Waals surface area contributed by atoms with Gasteiger partial charge in [-0.25, -0.2) is 0 Å². The first-order valence-electron chi connectivity index (χ1n) is 4.96. The van der Waals surface area contributed by atoms with Gasteiger partial charge in [0.1, 0.15) is 18.1 Å². The van der Waals surface area contributed by atoms with Crippen molar-refractivity contribution in [2.45, 2.75) is 16.7 Å². The zero-order valence-corrected chi connectivity index (χ0v) is 9.95. The molecule has 0 atom stereocenters. The van der Waals surface area contributed by atoms with Crippen LogP contribution in [-0.4, -0.2) is 6.29 Å². The normalized spacial score (nSPS) is 9.88. The molecule has 2 aromatic rings. The van der Waals surface area contributed by atoms with Crippen LogP contribution < -0.4 is 0 Å². The number of carbonyl (C=O) groups is 1. The second-order valence-corrected chi connectivity index (χ2v) is 4.51. The van der Waals surface area contributed by atoms with Crippen LogP contribution in [0.5, 0.6) is 0 Å². The quantitative estimate of drug-likeness (QED) is 0.775. The third-order valence-electron chi connectivity index (χ3n) is 2.29. The number of nitriles is 1. The summed E-state index contributed by atoms with van der Waals surface area (Å²) < 4.78 is 5.20. The maximum atomic E-state index is 10.6. The van der Waals surface area contributed by atoms with Crippen LogP contribution in [-0.2, 0) is 0 Å². The Morgan fingerprint density at radius 1 is 1.35 bits per heavy atom. The van der Waals surface area contributed by atoms with E-state index in [0.29, 0.717) is 11.1 Å². The van der Waals surface area contributed by atoms with Crippen LogP contribution in [0.1, 0.15) is 21.7 Å². The number of hydrogen-bond acceptors (Lipinski definition) is 4. The van der Waals surface area contributed by atoms with Gasteiger partial charge in [-0.2, -0.15) is 5.26 Å². The van der Waals surface area contributed by atoms with Crippen molar-refractivity contribution < 1.29 is 9.21 Å². The van der Waals surface area contributed by atoms with Crippen molar-refractivity contribution in [2.24, 2.45) is 0 Å². The summed E-state index contributed by atoms with van der Waals surface area (Å²) in [7, 11) is 0. The summed E-state index contributed by atoms with van der Waals surface area (Å²) >= 11 is 1.46. The Kier molecular flexibility index (Phi) is 3.31. The van der Waals surface area contributed by atoms with Gasteiger partial charge in [-0.3, -0.25) is 4.79 Å². The molecule has 17 heavy (non-hydrogen) atoms. The monoisotopic (exact) mass is 243 g/mol. The fourth-order valence-electron chi connectivity index (χ4n) is 1.39. The number of hydrogen-bond donors (Lipinski definition) is 0. The highest BCUT2D eigenvalue weighted by atomic mass is 32.2. The molecular formula is C13H9NO2S. The lowest BCUT2D eigenvalue weighted by molar-refractivity contribution is 0.112. The van der Waals surface area contributed by atoms with E-state index in [1.807, 2.05) is 13.0 Å². The molecule has 0 aliphatic carbocycles. The molecule has 2 rings (SSSR count). The summed E-state index contributed by atoms with van der Waals surface area (Å²) in [6.45, 7) is 1.87. The first kappa shape index (κ1) is 11.5. The van der Waals surface area contributed by atoms with E-state index in [2.05, 4.69) is 6.07 Å². The Balaban J connectivity index is 2.37. The fourth-order valence-corrected chi connectivity index (χ4v) is 2.30. The summed E-state index contributed by atoms with van der Waals surface area (Å²) in [5, 5.41) is 9.03. The van der Waals surface area contributed by atoms with E-state index in [-0.39, 0.29) is 0 Å². The van der Waals surface area contributed by atoms with Gasteiger partial charge in [-0.05, 0) is 25.1 Å². The second kappa shape index (κ2) is 4.89. The van der Waals surface area contributed by atoms with Gasteiger partial charge in [0, 0.05) is 10.5 Å². The Hall–Kier alpha value is -1.99. The molecule has 0 aliphatic heterocycles. The van der Waals surface area contributed by atoms with E-state index in [1.165, 1.54) is 11.8 Å². The smallest absolute Gasteiger partial charge is 0.150 e. The van der Waals surface area contributed by atoms with Crippen molar-refractivity contribution in [3.8, 4) is 6.07 Å². The van der Waals surface area contributed by atoms with Gasteiger partial charge in [0.2, 0.25) is 0 Å².